The molecule has 100 valence electrons. The van der Waals surface area contributed by atoms with Crippen LogP contribution in [0.4, 0.5) is 16.8 Å². The summed E-state index contributed by atoms with van der Waals surface area (Å²) in [5.74, 6) is 0.732. The summed E-state index contributed by atoms with van der Waals surface area (Å²) in [6.07, 6.45) is 1.42. The fourth-order valence-corrected chi connectivity index (χ4v) is 2.02. The molecule has 0 unspecified atom stereocenters. The smallest absolute Gasteiger partial charge is 0.260 e. The number of hydrogen-bond donors (Lipinski definition) is 4. The molecule has 2 heterocycles. The number of amides is 1. The van der Waals surface area contributed by atoms with Gasteiger partial charge in [-0.1, -0.05) is 17.4 Å². The maximum absolute atomic E-state index is 11.0. The van der Waals surface area contributed by atoms with Crippen molar-refractivity contribution in [1.82, 2.24) is 9.97 Å². The van der Waals surface area contributed by atoms with Gasteiger partial charge in [-0.3, -0.25) is 4.79 Å². The quantitative estimate of drug-likeness (QED) is 0.621. The van der Waals surface area contributed by atoms with Crippen LogP contribution in [0.15, 0.2) is 24.4 Å². The van der Waals surface area contributed by atoms with Gasteiger partial charge in [0.15, 0.2) is 5.13 Å². The van der Waals surface area contributed by atoms with Gasteiger partial charge in [-0.2, -0.15) is 0 Å². The average molecular weight is 279 g/mol. The lowest BCUT2D eigenvalue weighted by Crippen LogP contribution is -2.08. The van der Waals surface area contributed by atoms with Gasteiger partial charge in [-0.25, -0.2) is 9.97 Å². The number of nitrogens with one attached hydrogen (secondary N) is 2. The molecule has 2 aromatic heterocycles. The Morgan fingerprint density at radius 1 is 1.42 bits per heavy atom. The minimum absolute atomic E-state index is 0.0355. The summed E-state index contributed by atoms with van der Waals surface area (Å²) in [5.41, 5.74) is 5.15. The summed E-state index contributed by atoms with van der Waals surface area (Å²) in [4.78, 5) is 19.6. The van der Waals surface area contributed by atoms with Crippen LogP contribution in [0.5, 0.6) is 0 Å². The molecule has 8 heteroatoms. The predicted octanol–water partition coefficient (Wildman–Crippen LogP) is 0.785. The Balaban J connectivity index is 2.07. The van der Waals surface area contributed by atoms with Crippen molar-refractivity contribution < 1.29 is 9.90 Å². The number of pyridine rings is 1. The second-order valence-corrected chi connectivity index (χ2v) is 4.61. The standard InChI is InChI=1S/C11H13N5O2S/c12-10(18)7-6-14-11(19-7)16-9-3-1-2-8(15-9)13-4-5-17/h1-3,6,17H,4-5H2,(H2,12,18)(H2,13,14,15,16). The lowest BCUT2D eigenvalue weighted by atomic mass is 10.4. The zero-order valence-electron chi connectivity index (χ0n) is 9.96. The first kappa shape index (κ1) is 13.2. The topological polar surface area (TPSA) is 113 Å². The van der Waals surface area contributed by atoms with Gasteiger partial charge in [-0.05, 0) is 12.1 Å². The van der Waals surface area contributed by atoms with Crippen LogP contribution < -0.4 is 16.4 Å². The van der Waals surface area contributed by atoms with Gasteiger partial charge in [-0.15, -0.1) is 0 Å². The van der Waals surface area contributed by atoms with Crippen molar-refractivity contribution >= 4 is 34.0 Å². The molecule has 1 amide bonds. The molecule has 0 saturated heterocycles. The van der Waals surface area contributed by atoms with Crippen molar-refractivity contribution in [2.45, 2.75) is 0 Å². The summed E-state index contributed by atoms with van der Waals surface area (Å²) < 4.78 is 0. The molecular weight excluding hydrogens is 266 g/mol. The van der Waals surface area contributed by atoms with Crippen LogP contribution in [0, 0.1) is 0 Å². The molecule has 2 rings (SSSR count). The highest BCUT2D eigenvalue weighted by molar-refractivity contribution is 7.17. The molecule has 5 N–H and O–H groups in total. The van der Waals surface area contributed by atoms with Crippen LogP contribution in [-0.2, 0) is 0 Å². The van der Waals surface area contributed by atoms with Crippen molar-refractivity contribution in [2.75, 3.05) is 23.8 Å². The number of carbonyl (C=O) groups excluding carboxylic acids is 1. The van der Waals surface area contributed by atoms with Crippen molar-refractivity contribution in [3.63, 3.8) is 0 Å². The number of aromatic nitrogens is 2. The van der Waals surface area contributed by atoms with E-state index in [-0.39, 0.29) is 6.61 Å². The van der Waals surface area contributed by atoms with Crippen LogP contribution in [0.1, 0.15) is 9.67 Å². The normalized spacial score (nSPS) is 10.2. The molecule has 7 nitrogen and oxygen atoms in total. The van der Waals surface area contributed by atoms with Gasteiger partial charge in [0.05, 0.1) is 12.8 Å². The Hall–Kier alpha value is -2.19. The van der Waals surface area contributed by atoms with Crippen LogP contribution in [0.2, 0.25) is 0 Å². The van der Waals surface area contributed by atoms with E-state index < -0.39 is 5.91 Å². The summed E-state index contributed by atoms with van der Waals surface area (Å²) in [6, 6.07) is 5.38. The van der Waals surface area contributed by atoms with Crippen molar-refractivity contribution in [1.29, 1.82) is 0 Å². The molecular formula is C11H13N5O2S. The number of rotatable bonds is 6. The summed E-state index contributed by atoms with van der Waals surface area (Å²) >= 11 is 1.16. The summed E-state index contributed by atoms with van der Waals surface area (Å²) in [7, 11) is 0. The lowest BCUT2D eigenvalue weighted by molar-refractivity contribution is 0.100. The van der Waals surface area contributed by atoms with Gasteiger partial charge in [0.1, 0.15) is 16.5 Å². The molecule has 0 saturated carbocycles. The van der Waals surface area contributed by atoms with E-state index in [1.165, 1.54) is 6.20 Å². The minimum Gasteiger partial charge on any atom is -0.395 e. The van der Waals surface area contributed by atoms with E-state index in [0.717, 1.165) is 11.3 Å². The van der Waals surface area contributed by atoms with Crippen LogP contribution in [0.25, 0.3) is 0 Å². The number of nitrogens with two attached hydrogens (primary N) is 1. The highest BCUT2D eigenvalue weighted by atomic mass is 32.1. The zero-order chi connectivity index (χ0) is 13.7. The maximum Gasteiger partial charge on any atom is 0.260 e. The molecule has 0 fully saturated rings. The number of aliphatic hydroxyl groups excluding tert-OH is 1. The Labute approximate surface area is 113 Å². The third-order valence-corrected chi connectivity index (χ3v) is 3.08. The third-order valence-electron chi connectivity index (χ3n) is 2.15. The average Bonchev–Trinajstić information content (AvgIpc) is 2.85. The molecule has 2 aromatic rings. The molecule has 0 aliphatic rings. The Bertz CT molecular complexity index is 572. The summed E-state index contributed by atoms with van der Waals surface area (Å²) in [5, 5.41) is 15.2. The van der Waals surface area contributed by atoms with Gasteiger partial charge in [0.2, 0.25) is 0 Å². The van der Waals surface area contributed by atoms with E-state index >= 15 is 0 Å². The molecule has 0 aliphatic carbocycles. The van der Waals surface area contributed by atoms with Gasteiger partial charge < -0.3 is 21.5 Å². The minimum atomic E-state index is -0.503. The molecule has 0 aliphatic heterocycles. The monoisotopic (exact) mass is 279 g/mol. The number of carbonyl (C=O) groups is 1. The Morgan fingerprint density at radius 3 is 2.89 bits per heavy atom. The SMILES string of the molecule is NC(=O)c1cnc(Nc2cccc(NCCO)n2)s1. The summed E-state index contributed by atoms with van der Waals surface area (Å²) in [6.45, 7) is 0.466. The lowest BCUT2D eigenvalue weighted by Gasteiger charge is -2.06. The van der Waals surface area contributed by atoms with E-state index in [9.17, 15) is 4.79 Å². The zero-order valence-corrected chi connectivity index (χ0v) is 10.8. The Morgan fingerprint density at radius 2 is 2.21 bits per heavy atom. The number of hydrogen-bond acceptors (Lipinski definition) is 7. The number of primary amides is 1. The number of anilines is 3. The molecule has 0 spiro atoms. The predicted molar refractivity (Wildman–Crippen MR) is 73.7 cm³/mol. The fraction of sp³-hybridized carbons (Fsp3) is 0.182. The van der Waals surface area contributed by atoms with E-state index in [1.807, 2.05) is 6.07 Å². The van der Waals surface area contributed by atoms with Crippen molar-refractivity contribution in [3.8, 4) is 0 Å². The molecule has 0 aromatic carbocycles. The van der Waals surface area contributed by atoms with Gasteiger partial charge >= 0.3 is 0 Å². The van der Waals surface area contributed by atoms with Crippen LogP contribution in [0.3, 0.4) is 0 Å². The number of thiazole rings is 1. The van der Waals surface area contributed by atoms with E-state index in [2.05, 4.69) is 20.6 Å². The third kappa shape index (κ3) is 3.63. The molecule has 0 radical (unpaired) electrons. The van der Waals surface area contributed by atoms with Crippen molar-refractivity contribution in [2.24, 2.45) is 5.73 Å². The first-order chi connectivity index (χ1) is 9.19. The van der Waals surface area contributed by atoms with E-state index in [1.54, 1.807) is 12.1 Å². The second-order valence-electron chi connectivity index (χ2n) is 3.58. The largest absolute Gasteiger partial charge is 0.395 e. The van der Waals surface area contributed by atoms with Crippen molar-refractivity contribution in [3.05, 3.63) is 29.3 Å². The highest BCUT2D eigenvalue weighted by Crippen LogP contribution is 2.21. The molecule has 0 bridgehead atoms. The Kier molecular flexibility index (Phi) is 4.26. The second kappa shape index (κ2) is 6.12. The first-order valence-electron chi connectivity index (χ1n) is 5.53. The maximum atomic E-state index is 11.0. The first-order valence-corrected chi connectivity index (χ1v) is 6.35. The molecule has 0 atom stereocenters. The highest BCUT2D eigenvalue weighted by Gasteiger charge is 2.07. The van der Waals surface area contributed by atoms with Crippen LogP contribution >= 0.6 is 11.3 Å². The number of nitrogens with zero attached hydrogens (tertiary/aromatic N) is 2. The fourth-order valence-electron chi connectivity index (χ4n) is 1.34. The van der Waals surface area contributed by atoms with Gasteiger partial charge in [0.25, 0.3) is 5.91 Å². The number of aliphatic hydroxyl groups is 1. The van der Waals surface area contributed by atoms with Gasteiger partial charge in [0, 0.05) is 6.54 Å². The van der Waals surface area contributed by atoms with E-state index in [4.69, 9.17) is 10.8 Å². The molecule has 19 heavy (non-hydrogen) atoms. The van der Waals surface area contributed by atoms with E-state index in [0.29, 0.717) is 28.2 Å². The van der Waals surface area contributed by atoms with Crippen LogP contribution in [-0.4, -0.2) is 34.1 Å².